The van der Waals surface area contributed by atoms with Crippen LogP contribution in [0.2, 0.25) is 0 Å². The normalized spacial score (nSPS) is 20.8. The molecule has 0 aliphatic carbocycles. The standard InChI is InChI=1S/C21H16ClN5O5/c1-26-15-5-3-11(7-13(15)24-25-26)18(22)10-2-4-14-12(6-10)21(8-16(28)23-19(21)31)20(32)27(14)9-17(29)30/h2-7,18H,8-9H2,1H3,(H,29,30)(H,23,28,31). The summed E-state index contributed by atoms with van der Waals surface area (Å²) >= 11 is 6.74. The van der Waals surface area contributed by atoms with Crippen LogP contribution in [0.4, 0.5) is 5.69 Å². The highest BCUT2D eigenvalue weighted by molar-refractivity contribution is 6.29. The number of imide groups is 1. The highest BCUT2D eigenvalue weighted by Crippen LogP contribution is 2.48. The van der Waals surface area contributed by atoms with Crippen LogP contribution < -0.4 is 10.2 Å². The van der Waals surface area contributed by atoms with Crippen molar-refractivity contribution in [3.63, 3.8) is 0 Å². The van der Waals surface area contributed by atoms with Crippen molar-refractivity contribution in [1.82, 2.24) is 20.3 Å². The number of alkyl halides is 1. The second kappa shape index (κ2) is 6.86. The molecule has 5 rings (SSSR count). The Kier molecular flexibility index (Phi) is 4.31. The van der Waals surface area contributed by atoms with Crippen LogP contribution in [0, 0.1) is 0 Å². The second-order valence-corrected chi connectivity index (χ2v) is 8.28. The highest BCUT2D eigenvalue weighted by atomic mass is 35.5. The van der Waals surface area contributed by atoms with E-state index in [4.69, 9.17) is 11.6 Å². The number of rotatable bonds is 4. The molecule has 2 unspecified atom stereocenters. The summed E-state index contributed by atoms with van der Waals surface area (Å²) in [6.45, 7) is -0.623. The van der Waals surface area contributed by atoms with Crippen LogP contribution in [0.5, 0.6) is 0 Å². The van der Waals surface area contributed by atoms with Crippen LogP contribution in [0.15, 0.2) is 36.4 Å². The van der Waals surface area contributed by atoms with Gasteiger partial charge in [-0.2, -0.15) is 0 Å². The van der Waals surface area contributed by atoms with E-state index in [2.05, 4.69) is 15.6 Å². The number of nitrogens with zero attached hydrogens (tertiary/aromatic N) is 4. The zero-order valence-corrected chi connectivity index (χ0v) is 17.5. The number of aryl methyl sites for hydroxylation is 1. The lowest BCUT2D eigenvalue weighted by atomic mass is 9.79. The van der Waals surface area contributed by atoms with Crippen molar-refractivity contribution in [2.24, 2.45) is 7.05 Å². The van der Waals surface area contributed by atoms with Crippen molar-refractivity contribution in [3.8, 4) is 0 Å². The molecule has 1 spiro atoms. The molecular weight excluding hydrogens is 438 g/mol. The fraction of sp³-hybridized carbons (Fsp3) is 0.238. The molecule has 32 heavy (non-hydrogen) atoms. The van der Waals surface area contributed by atoms with Gasteiger partial charge in [0.25, 0.3) is 0 Å². The number of carboxylic acid groups (broad SMARTS) is 1. The Labute approximate surface area is 185 Å². The predicted octanol–water partition coefficient (Wildman–Crippen LogP) is 1.01. The lowest BCUT2D eigenvalue weighted by molar-refractivity contribution is -0.138. The zero-order valence-electron chi connectivity index (χ0n) is 16.7. The minimum atomic E-state index is -1.79. The maximum Gasteiger partial charge on any atom is 0.323 e. The van der Waals surface area contributed by atoms with Crippen LogP contribution >= 0.6 is 11.6 Å². The Bertz CT molecular complexity index is 1350. The number of fused-ring (bicyclic) bond motifs is 3. The van der Waals surface area contributed by atoms with Gasteiger partial charge in [-0.25, -0.2) is 4.68 Å². The van der Waals surface area contributed by atoms with Crippen molar-refractivity contribution < 1.29 is 24.3 Å². The van der Waals surface area contributed by atoms with Crippen molar-refractivity contribution in [2.75, 3.05) is 11.4 Å². The number of aromatic nitrogens is 3. The lowest BCUT2D eigenvalue weighted by Crippen LogP contribution is -2.46. The Morgan fingerprint density at radius 1 is 1.22 bits per heavy atom. The largest absolute Gasteiger partial charge is 0.480 e. The van der Waals surface area contributed by atoms with E-state index in [9.17, 15) is 24.3 Å². The Hall–Kier alpha value is -3.79. The first kappa shape index (κ1) is 20.1. The smallest absolute Gasteiger partial charge is 0.323 e. The topological polar surface area (TPSA) is 134 Å². The number of carbonyl (C=O) groups excluding carboxylic acids is 3. The van der Waals surface area contributed by atoms with E-state index < -0.39 is 41.0 Å². The number of hydrogen-bond donors (Lipinski definition) is 2. The summed E-state index contributed by atoms with van der Waals surface area (Å²) in [5.41, 5.74) is 1.58. The average Bonchev–Trinajstić information content (AvgIpc) is 3.35. The summed E-state index contributed by atoms with van der Waals surface area (Å²) in [5, 5.41) is 18.8. The van der Waals surface area contributed by atoms with Gasteiger partial charge >= 0.3 is 5.97 Å². The predicted molar refractivity (Wildman–Crippen MR) is 112 cm³/mol. The summed E-state index contributed by atoms with van der Waals surface area (Å²) in [6, 6.07) is 10.3. The van der Waals surface area contributed by atoms with E-state index in [1.807, 2.05) is 12.1 Å². The van der Waals surface area contributed by atoms with Crippen LogP contribution in [0.3, 0.4) is 0 Å². The molecule has 2 atom stereocenters. The third-order valence-corrected chi connectivity index (χ3v) is 6.47. The molecule has 162 valence electrons. The van der Waals surface area contributed by atoms with Crippen molar-refractivity contribution in [2.45, 2.75) is 17.2 Å². The van der Waals surface area contributed by atoms with E-state index in [0.29, 0.717) is 11.1 Å². The van der Waals surface area contributed by atoms with Gasteiger partial charge in [-0.1, -0.05) is 23.4 Å². The molecule has 3 heterocycles. The molecule has 3 amide bonds. The van der Waals surface area contributed by atoms with Gasteiger partial charge < -0.3 is 5.11 Å². The molecule has 0 saturated carbocycles. The summed E-state index contributed by atoms with van der Waals surface area (Å²) in [7, 11) is 1.78. The first-order valence-corrected chi connectivity index (χ1v) is 10.1. The fourth-order valence-electron chi connectivity index (χ4n) is 4.43. The molecule has 11 heteroatoms. The van der Waals surface area contributed by atoms with E-state index in [-0.39, 0.29) is 17.7 Å². The van der Waals surface area contributed by atoms with Crippen LogP contribution in [-0.4, -0.2) is 50.3 Å². The third kappa shape index (κ3) is 2.72. The summed E-state index contributed by atoms with van der Waals surface area (Å²) < 4.78 is 1.64. The van der Waals surface area contributed by atoms with E-state index in [1.54, 1.807) is 36.0 Å². The Morgan fingerprint density at radius 3 is 2.62 bits per heavy atom. The summed E-state index contributed by atoms with van der Waals surface area (Å²) in [5.74, 6) is -3.32. The van der Waals surface area contributed by atoms with Gasteiger partial charge in [0.05, 0.1) is 17.3 Å². The quantitative estimate of drug-likeness (QED) is 0.342. The molecule has 2 aromatic carbocycles. The third-order valence-electron chi connectivity index (χ3n) is 5.96. The number of benzene rings is 2. The molecule has 0 radical (unpaired) electrons. The van der Waals surface area contributed by atoms with Crippen molar-refractivity contribution >= 4 is 52.0 Å². The SMILES string of the molecule is Cn1nnc2cc(C(Cl)c3ccc4c(c3)C3(CC(=O)NC3=O)C(=O)N4CC(=O)O)ccc21. The number of aliphatic carboxylic acids is 1. The van der Waals surface area contributed by atoms with E-state index >= 15 is 0 Å². The lowest BCUT2D eigenvalue weighted by Gasteiger charge is -2.19. The number of anilines is 1. The Morgan fingerprint density at radius 2 is 1.94 bits per heavy atom. The first-order valence-electron chi connectivity index (χ1n) is 9.68. The van der Waals surface area contributed by atoms with Crippen LogP contribution in [0.25, 0.3) is 11.0 Å². The van der Waals surface area contributed by atoms with Gasteiger partial charge in [0.1, 0.15) is 12.1 Å². The second-order valence-electron chi connectivity index (χ2n) is 7.84. The van der Waals surface area contributed by atoms with Gasteiger partial charge in [0.15, 0.2) is 5.41 Å². The number of halogens is 1. The van der Waals surface area contributed by atoms with Crippen molar-refractivity contribution in [1.29, 1.82) is 0 Å². The highest BCUT2D eigenvalue weighted by Gasteiger charge is 2.61. The van der Waals surface area contributed by atoms with Gasteiger partial charge in [0.2, 0.25) is 17.7 Å². The summed E-state index contributed by atoms with van der Waals surface area (Å²) in [6.07, 6.45) is -0.379. The number of carbonyl (C=O) groups is 4. The fourth-order valence-corrected chi connectivity index (χ4v) is 4.70. The number of nitrogens with one attached hydrogen (secondary N) is 1. The molecule has 2 aliphatic heterocycles. The molecule has 2 N–H and O–H groups in total. The summed E-state index contributed by atoms with van der Waals surface area (Å²) in [4.78, 5) is 50.3. The molecule has 1 fully saturated rings. The molecular formula is C21H16ClN5O5. The number of hydrogen-bond acceptors (Lipinski definition) is 6. The number of amides is 3. The minimum absolute atomic E-state index is 0.274. The first-order chi connectivity index (χ1) is 15.2. The molecule has 0 bridgehead atoms. The molecule has 1 saturated heterocycles. The van der Waals surface area contributed by atoms with Gasteiger partial charge in [-0.3, -0.25) is 29.4 Å². The maximum atomic E-state index is 13.2. The minimum Gasteiger partial charge on any atom is -0.480 e. The van der Waals surface area contributed by atoms with Crippen LogP contribution in [0.1, 0.15) is 28.5 Å². The van der Waals surface area contributed by atoms with Gasteiger partial charge in [-0.15, -0.1) is 16.7 Å². The van der Waals surface area contributed by atoms with E-state index in [1.165, 1.54) is 0 Å². The molecule has 1 aromatic heterocycles. The monoisotopic (exact) mass is 453 g/mol. The van der Waals surface area contributed by atoms with Crippen molar-refractivity contribution in [3.05, 3.63) is 53.1 Å². The van der Waals surface area contributed by atoms with E-state index in [0.717, 1.165) is 16.0 Å². The molecule has 3 aromatic rings. The molecule has 2 aliphatic rings. The van der Waals surface area contributed by atoms with Gasteiger partial charge in [-0.05, 0) is 29.3 Å². The zero-order chi connectivity index (χ0) is 22.8. The Balaban J connectivity index is 1.62. The van der Waals surface area contributed by atoms with Gasteiger partial charge in [0, 0.05) is 18.3 Å². The average molecular weight is 454 g/mol. The van der Waals surface area contributed by atoms with Crippen LogP contribution in [-0.2, 0) is 31.6 Å². The molecule has 10 nitrogen and oxygen atoms in total. The maximum absolute atomic E-state index is 13.2. The number of carboxylic acids is 1.